The molecule has 0 saturated carbocycles. The maximum Gasteiger partial charge on any atom is 0.389 e. The van der Waals surface area contributed by atoms with E-state index in [0.29, 0.717) is 18.5 Å². The van der Waals surface area contributed by atoms with Crippen LogP contribution in [-0.2, 0) is 16.1 Å². The van der Waals surface area contributed by atoms with E-state index in [1.807, 2.05) is 6.92 Å². The fraction of sp³-hybridized carbons (Fsp3) is 0.400. The number of hydrogen-bond acceptors (Lipinski definition) is 5. The van der Waals surface area contributed by atoms with Crippen molar-refractivity contribution in [3.05, 3.63) is 34.0 Å². The molecule has 0 unspecified atom stereocenters. The molecular weight excluding hydrogens is 226 g/mol. The van der Waals surface area contributed by atoms with Gasteiger partial charge in [-0.1, -0.05) is 13.0 Å². The second-order valence-corrected chi connectivity index (χ2v) is 3.23. The molecule has 1 heterocycles. The Morgan fingerprint density at radius 1 is 1.71 bits per heavy atom. The van der Waals surface area contributed by atoms with E-state index in [1.54, 1.807) is 6.08 Å². The summed E-state index contributed by atoms with van der Waals surface area (Å²) in [6, 6.07) is 1.30. The monoisotopic (exact) mass is 239 g/mol. The van der Waals surface area contributed by atoms with Crippen molar-refractivity contribution in [3.63, 3.8) is 0 Å². The van der Waals surface area contributed by atoms with Crippen LogP contribution in [0.4, 0.5) is 5.82 Å². The highest BCUT2D eigenvalue weighted by atomic mass is 16.6. The van der Waals surface area contributed by atoms with Gasteiger partial charge in [-0.05, 0) is 11.3 Å². The standard InChI is InChI=1S/C10H13N3O4/c1-3-8(10(14)17-2)4-6-12-7-5-9(11-12)13(15)16/h4-5,7H,3,6H2,1-2H3. The lowest BCUT2D eigenvalue weighted by molar-refractivity contribution is -0.389. The van der Waals surface area contributed by atoms with Crippen molar-refractivity contribution in [1.82, 2.24) is 9.78 Å². The summed E-state index contributed by atoms with van der Waals surface area (Å²) in [5, 5.41) is 14.1. The Morgan fingerprint density at radius 3 is 2.88 bits per heavy atom. The Balaban J connectivity index is 2.73. The third kappa shape index (κ3) is 3.40. The number of esters is 1. The molecule has 0 N–H and O–H groups in total. The number of methoxy groups -OCH3 is 1. The summed E-state index contributed by atoms with van der Waals surface area (Å²) in [7, 11) is 1.31. The van der Waals surface area contributed by atoms with Gasteiger partial charge in [-0.2, -0.15) is 4.68 Å². The Labute approximate surface area is 97.8 Å². The molecule has 0 spiro atoms. The molecule has 0 aromatic carbocycles. The molecule has 0 saturated heterocycles. The van der Waals surface area contributed by atoms with Gasteiger partial charge in [0.05, 0.1) is 31.0 Å². The molecule has 0 fully saturated rings. The smallest absolute Gasteiger partial charge is 0.389 e. The van der Waals surface area contributed by atoms with Crippen molar-refractivity contribution in [3.8, 4) is 0 Å². The molecule has 7 heteroatoms. The second kappa shape index (κ2) is 5.78. The Morgan fingerprint density at radius 2 is 2.41 bits per heavy atom. The number of carbonyl (C=O) groups excluding carboxylic acids is 1. The first kappa shape index (κ1) is 12.9. The van der Waals surface area contributed by atoms with E-state index in [1.165, 1.54) is 24.1 Å². The topological polar surface area (TPSA) is 87.3 Å². The second-order valence-electron chi connectivity index (χ2n) is 3.23. The average molecular weight is 239 g/mol. The predicted molar refractivity (Wildman–Crippen MR) is 59.3 cm³/mol. The fourth-order valence-electron chi connectivity index (χ4n) is 1.26. The quantitative estimate of drug-likeness (QED) is 0.334. The number of hydrogen-bond donors (Lipinski definition) is 0. The molecule has 7 nitrogen and oxygen atoms in total. The van der Waals surface area contributed by atoms with Gasteiger partial charge in [-0.15, -0.1) is 0 Å². The summed E-state index contributed by atoms with van der Waals surface area (Å²) in [5.41, 5.74) is 0.519. The molecule has 1 aromatic rings. The van der Waals surface area contributed by atoms with Crippen molar-refractivity contribution in [2.75, 3.05) is 7.11 Å². The largest absolute Gasteiger partial charge is 0.466 e. The average Bonchev–Trinajstić information content (AvgIpc) is 2.78. The lowest BCUT2D eigenvalue weighted by Gasteiger charge is -2.00. The summed E-state index contributed by atoms with van der Waals surface area (Å²) >= 11 is 0. The zero-order chi connectivity index (χ0) is 12.8. The van der Waals surface area contributed by atoms with Gasteiger partial charge in [-0.25, -0.2) is 4.79 Å². The molecule has 0 aliphatic heterocycles. The zero-order valence-electron chi connectivity index (χ0n) is 9.62. The lowest BCUT2D eigenvalue weighted by atomic mass is 10.2. The van der Waals surface area contributed by atoms with E-state index in [9.17, 15) is 14.9 Å². The first-order chi connectivity index (χ1) is 8.08. The van der Waals surface area contributed by atoms with Gasteiger partial charge in [0.15, 0.2) is 0 Å². The number of nitro groups is 1. The van der Waals surface area contributed by atoms with E-state index < -0.39 is 10.9 Å². The van der Waals surface area contributed by atoms with Gasteiger partial charge in [0.25, 0.3) is 0 Å². The SMILES string of the molecule is CCC(=CCn1ccc([N+](=O)[O-])n1)C(=O)OC. The third-order valence-corrected chi connectivity index (χ3v) is 2.17. The molecular formula is C10H13N3O4. The highest BCUT2D eigenvalue weighted by Gasteiger charge is 2.11. The highest BCUT2D eigenvalue weighted by molar-refractivity contribution is 5.88. The van der Waals surface area contributed by atoms with Gasteiger partial charge >= 0.3 is 11.8 Å². The number of carbonyl (C=O) groups is 1. The maximum atomic E-state index is 11.2. The zero-order valence-corrected chi connectivity index (χ0v) is 9.62. The lowest BCUT2D eigenvalue weighted by Crippen LogP contribution is -2.06. The minimum atomic E-state index is -0.568. The third-order valence-electron chi connectivity index (χ3n) is 2.17. The van der Waals surface area contributed by atoms with Gasteiger partial charge in [-0.3, -0.25) is 0 Å². The Bertz CT molecular complexity index is 450. The number of rotatable bonds is 5. The normalized spacial score (nSPS) is 11.3. The van der Waals surface area contributed by atoms with Crippen LogP contribution in [0.1, 0.15) is 13.3 Å². The molecule has 17 heavy (non-hydrogen) atoms. The number of allylic oxidation sites excluding steroid dienone is 1. The molecule has 1 aromatic heterocycles. The minimum Gasteiger partial charge on any atom is -0.466 e. The summed E-state index contributed by atoms with van der Waals surface area (Å²) in [5.74, 6) is -0.608. The molecule has 1 rings (SSSR count). The van der Waals surface area contributed by atoms with E-state index >= 15 is 0 Å². The van der Waals surface area contributed by atoms with Crippen LogP contribution < -0.4 is 0 Å². The van der Waals surface area contributed by atoms with E-state index in [4.69, 9.17) is 0 Å². The van der Waals surface area contributed by atoms with Crippen LogP contribution in [0.2, 0.25) is 0 Å². The van der Waals surface area contributed by atoms with Crippen LogP contribution in [0.15, 0.2) is 23.9 Å². The van der Waals surface area contributed by atoms with Crippen molar-refractivity contribution >= 4 is 11.8 Å². The van der Waals surface area contributed by atoms with E-state index in [2.05, 4.69) is 9.84 Å². The van der Waals surface area contributed by atoms with Crippen LogP contribution in [0.3, 0.4) is 0 Å². The van der Waals surface area contributed by atoms with Crippen LogP contribution in [0.5, 0.6) is 0 Å². The molecule has 0 aliphatic rings. The summed E-state index contributed by atoms with van der Waals surface area (Å²) in [6.07, 6.45) is 3.66. The van der Waals surface area contributed by atoms with E-state index in [-0.39, 0.29) is 5.82 Å². The van der Waals surface area contributed by atoms with Crippen LogP contribution in [0, 0.1) is 10.1 Å². The Kier molecular flexibility index (Phi) is 4.38. The van der Waals surface area contributed by atoms with Crippen LogP contribution in [0.25, 0.3) is 0 Å². The molecule has 0 aliphatic carbocycles. The predicted octanol–water partition coefficient (Wildman–Crippen LogP) is 1.30. The molecule has 0 amide bonds. The van der Waals surface area contributed by atoms with Gasteiger partial charge in [0.1, 0.15) is 0 Å². The molecule has 0 radical (unpaired) electrons. The summed E-state index contributed by atoms with van der Waals surface area (Å²) in [4.78, 5) is 21.1. The molecule has 92 valence electrons. The van der Waals surface area contributed by atoms with Crippen molar-refractivity contribution in [2.45, 2.75) is 19.9 Å². The molecule has 0 bridgehead atoms. The minimum absolute atomic E-state index is 0.213. The first-order valence-electron chi connectivity index (χ1n) is 5.03. The number of nitrogens with zero attached hydrogens (tertiary/aromatic N) is 3. The van der Waals surface area contributed by atoms with Crippen LogP contribution >= 0.6 is 0 Å². The van der Waals surface area contributed by atoms with Gasteiger partial charge in [0, 0.05) is 5.57 Å². The Hall–Kier alpha value is -2.18. The van der Waals surface area contributed by atoms with Gasteiger partial charge in [0.2, 0.25) is 0 Å². The van der Waals surface area contributed by atoms with E-state index in [0.717, 1.165) is 0 Å². The number of aromatic nitrogens is 2. The van der Waals surface area contributed by atoms with Crippen molar-refractivity contribution < 1.29 is 14.5 Å². The highest BCUT2D eigenvalue weighted by Crippen LogP contribution is 2.07. The maximum absolute atomic E-state index is 11.2. The summed E-state index contributed by atoms with van der Waals surface area (Å²) in [6.45, 7) is 2.13. The number of ether oxygens (including phenoxy) is 1. The summed E-state index contributed by atoms with van der Waals surface area (Å²) < 4.78 is 5.98. The fourth-order valence-corrected chi connectivity index (χ4v) is 1.26. The molecule has 0 atom stereocenters. The van der Waals surface area contributed by atoms with Gasteiger partial charge < -0.3 is 14.9 Å². The van der Waals surface area contributed by atoms with Crippen molar-refractivity contribution in [1.29, 1.82) is 0 Å². The van der Waals surface area contributed by atoms with Crippen LogP contribution in [-0.4, -0.2) is 27.8 Å². The van der Waals surface area contributed by atoms with Crippen molar-refractivity contribution in [2.24, 2.45) is 0 Å². The first-order valence-corrected chi connectivity index (χ1v) is 5.03.